The van der Waals surface area contributed by atoms with Crippen molar-refractivity contribution in [2.24, 2.45) is 0 Å². The first kappa shape index (κ1) is 18.4. The second-order valence-electron chi connectivity index (χ2n) is 5.53. The first-order valence-corrected chi connectivity index (χ1v) is 7.91. The zero-order valence-electron chi connectivity index (χ0n) is 13.8. The Morgan fingerprint density at radius 3 is 2.73 bits per heavy atom. The Kier molecular flexibility index (Phi) is 6.83. The van der Waals surface area contributed by atoms with Gasteiger partial charge in [0.25, 0.3) is 0 Å². The second kappa shape index (κ2) is 8.14. The van der Waals surface area contributed by atoms with Crippen molar-refractivity contribution in [2.75, 3.05) is 20.3 Å². The van der Waals surface area contributed by atoms with Gasteiger partial charge in [0.1, 0.15) is 17.5 Å². The van der Waals surface area contributed by atoms with Gasteiger partial charge in [-0.15, -0.1) is 11.3 Å². The van der Waals surface area contributed by atoms with Gasteiger partial charge in [-0.3, -0.25) is 0 Å². The van der Waals surface area contributed by atoms with E-state index in [9.17, 15) is 4.79 Å². The van der Waals surface area contributed by atoms with Crippen molar-refractivity contribution in [3.63, 3.8) is 0 Å². The molecule has 0 saturated carbocycles. The number of methoxy groups -OCH3 is 1. The molecule has 1 heterocycles. The van der Waals surface area contributed by atoms with Crippen molar-refractivity contribution >= 4 is 23.2 Å². The summed E-state index contributed by atoms with van der Waals surface area (Å²) in [7, 11) is 1.56. The van der Waals surface area contributed by atoms with Gasteiger partial charge in [-0.2, -0.15) is 0 Å². The Labute approximate surface area is 135 Å². The Morgan fingerprint density at radius 2 is 2.18 bits per heavy atom. The van der Waals surface area contributed by atoms with Crippen LogP contribution in [0.5, 0.6) is 0 Å². The molecule has 0 aliphatic rings. The smallest absolute Gasteiger partial charge is 0.407 e. The first-order valence-electron chi connectivity index (χ1n) is 7.03. The van der Waals surface area contributed by atoms with Crippen LogP contribution in [-0.4, -0.2) is 36.9 Å². The largest absolute Gasteiger partial charge is 0.493 e. The highest BCUT2D eigenvalue weighted by Crippen LogP contribution is 2.28. The van der Waals surface area contributed by atoms with E-state index in [1.54, 1.807) is 12.6 Å². The molecule has 1 unspecified atom stereocenters. The molecule has 1 rings (SSSR count). The molecule has 1 N–H and O–H groups in total. The third-order valence-electron chi connectivity index (χ3n) is 2.59. The molecular weight excluding hydrogens is 304 g/mol. The highest BCUT2D eigenvalue weighted by Gasteiger charge is 2.22. The van der Waals surface area contributed by atoms with Gasteiger partial charge in [-0.25, -0.2) is 9.78 Å². The van der Waals surface area contributed by atoms with Crippen molar-refractivity contribution in [3.05, 3.63) is 22.7 Å². The summed E-state index contributed by atoms with van der Waals surface area (Å²) in [6, 6.07) is 0. The topological polar surface area (TPSA) is 69.7 Å². The lowest BCUT2D eigenvalue weighted by Gasteiger charge is -2.21. The molecule has 7 heteroatoms. The third kappa shape index (κ3) is 5.65. The van der Waals surface area contributed by atoms with Crippen molar-refractivity contribution in [2.45, 2.75) is 39.4 Å². The Hall–Kier alpha value is -1.60. The van der Waals surface area contributed by atoms with Gasteiger partial charge in [0.15, 0.2) is 0 Å². The van der Waals surface area contributed by atoms with Gasteiger partial charge in [-0.05, 0) is 27.7 Å². The minimum absolute atomic E-state index is 0.252. The van der Waals surface area contributed by atoms with Gasteiger partial charge in [0.05, 0.1) is 29.2 Å². The third-order valence-corrected chi connectivity index (χ3v) is 3.47. The quantitative estimate of drug-likeness (QED) is 0.777. The molecule has 124 valence electrons. The number of nitrogens with one attached hydrogen (secondary N) is 1. The number of hydrogen-bond acceptors (Lipinski definition) is 6. The van der Waals surface area contributed by atoms with Crippen LogP contribution in [-0.2, 0) is 14.2 Å². The van der Waals surface area contributed by atoms with Gasteiger partial charge in [-0.1, -0.05) is 6.58 Å². The van der Waals surface area contributed by atoms with Gasteiger partial charge < -0.3 is 19.5 Å². The van der Waals surface area contributed by atoms with E-state index in [-0.39, 0.29) is 6.54 Å². The summed E-state index contributed by atoms with van der Waals surface area (Å²) in [6.07, 6.45) is -0.888. The Morgan fingerprint density at radius 1 is 1.50 bits per heavy atom. The summed E-state index contributed by atoms with van der Waals surface area (Å²) in [5, 5.41) is 2.68. The fourth-order valence-electron chi connectivity index (χ4n) is 1.71. The van der Waals surface area contributed by atoms with Crippen LogP contribution in [0.1, 0.15) is 44.4 Å². The molecular formula is C15H24N2O4S. The molecule has 0 aliphatic carbocycles. The number of thiazole rings is 1. The molecule has 0 saturated heterocycles. The monoisotopic (exact) mass is 328 g/mol. The number of ether oxygens (including phenoxy) is 3. The fraction of sp³-hybridized carbons (Fsp3) is 0.600. The van der Waals surface area contributed by atoms with Crippen molar-refractivity contribution in [1.82, 2.24) is 10.3 Å². The summed E-state index contributed by atoms with van der Waals surface area (Å²) in [6.45, 7) is 12.0. The predicted molar refractivity (Wildman–Crippen MR) is 86.8 cm³/mol. The average Bonchev–Trinajstić information content (AvgIpc) is 2.87. The van der Waals surface area contributed by atoms with Crippen molar-refractivity contribution < 1.29 is 19.0 Å². The summed E-state index contributed by atoms with van der Waals surface area (Å²) in [5.41, 5.74) is 1.86. The minimum Gasteiger partial charge on any atom is -0.493 e. The van der Waals surface area contributed by atoms with Crippen LogP contribution in [0, 0.1) is 0 Å². The maximum Gasteiger partial charge on any atom is 0.407 e. The molecule has 0 spiro atoms. The van der Waals surface area contributed by atoms with Crippen LogP contribution in [0.4, 0.5) is 4.79 Å². The summed E-state index contributed by atoms with van der Waals surface area (Å²) in [5.74, 6) is 0.555. The van der Waals surface area contributed by atoms with Crippen LogP contribution in [0.25, 0.3) is 5.76 Å². The molecule has 0 bridgehead atoms. The number of amides is 1. The molecule has 1 amide bonds. The molecule has 1 aromatic heterocycles. The zero-order valence-corrected chi connectivity index (χ0v) is 14.6. The van der Waals surface area contributed by atoms with Crippen molar-refractivity contribution in [3.8, 4) is 0 Å². The standard InChI is InChI=1S/C15H24N2O4S/c1-7-20-10(2)13-12(17-9-22-13)11(19-6)8-16-14(18)21-15(3,4)5/h9,11H,2,7-8H2,1,3-6H3,(H,16,18). The van der Waals surface area contributed by atoms with Crippen LogP contribution in [0.15, 0.2) is 12.1 Å². The van der Waals surface area contributed by atoms with E-state index in [2.05, 4.69) is 16.9 Å². The molecule has 0 radical (unpaired) electrons. The van der Waals surface area contributed by atoms with Crippen LogP contribution < -0.4 is 5.32 Å². The van der Waals surface area contributed by atoms with E-state index in [1.165, 1.54) is 11.3 Å². The van der Waals surface area contributed by atoms with E-state index < -0.39 is 17.8 Å². The van der Waals surface area contributed by atoms with E-state index in [4.69, 9.17) is 14.2 Å². The summed E-state index contributed by atoms with van der Waals surface area (Å²) >= 11 is 1.43. The number of aromatic nitrogens is 1. The minimum atomic E-state index is -0.540. The number of carbonyl (C=O) groups excluding carboxylic acids is 1. The van der Waals surface area contributed by atoms with E-state index in [1.807, 2.05) is 27.7 Å². The molecule has 0 fully saturated rings. The average molecular weight is 328 g/mol. The molecule has 1 aromatic rings. The molecule has 1 atom stereocenters. The summed E-state index contributed by atoms with van der Waals surface area (Å²) in [4.78, 5) is 16.8. The number of hydrogen-bond donors (Lipinski definition) is 1. The number of carbonyl (C=O) groups is 1. The molecule has 0 aromatic carbocycles. The molecule has 6 nitrogen and oxygen atoms in total. The molecule has 0 aliphatic heterocycles. The highest BCUT2D eigenvalue weighted by atomic mass is 32.1. The van der Waals surface area contributed by atoms with Gasteiger partial charge >= 0.3 is 6.09 Å². The second-order valence-corrected chi connectivity index (χ2v) is 6.38. The number of nitrogens with zero attached hydrogens (tertiary/aromatic N) is 1. The maximum absolute atomic E-state index is 11.7. The lowest BCUT2D eigenvalue weighted by molar-refractivity contribution is 0.0452. The van der Waals surface area contributed by atoms with Gasteiger partial charge in [0.2, 0.25) is 0 Å². The number of alkyl carbamates (subject to hydrolysis) is 1. The fourth-order valence-corrected chi connectivity index (χ4v) is 2.48. The van der Waals surface area contributed by atoms with Crippen LogP contribution in [0.2, 0.25) is 0 Å². The van der Waals surface area contributed by atoms with Crippen LogP contribution in [0.3, 0.4) is 0 Å². The Bertz CT molecular complexity index is 508. The van der Waals surface area contributed by atoms with Crippen LogP contribution >= 0.6 is 11.3 Å². The maximum atomic E-state index is 11.7. The lowest BCUT2D eigenvalue weighted by atomic mass is 10.2. The summed E-state index contributed by atoms with van der Waals surface area (Å²) < 4.78 is 16.0. The van der Waals surface area contributed by atoms with Crippen molar-refractivity contribution in [1.29, 1.82) is 0 Å². The molecule has 22 heavy (non-hydrogen) atoms. The SMILES string of the molecule is C=C(OCC)c1scnc1C(CNC(=O)OC(C)(C)C)OC. The van der Waals surface area contributed by atoms with E-state index >= 15 is 0 Å². The van der Waals surface area contributed by atoms with E-state index in [0.29, 0.717) is 18.1 Å². The van der Waals surface area contributed by atoms with Gasteiger partial charge in [0, 0.05) is 7.11 Å². The normalized spacial score (nSPS) is 12.6. The first-order chi connectivity index (χ1) is 10.3. The lowest BCUT2D eigenvalue weighted by Crippen LogP contribution is -2.35. The number of rotatable bonds is 7. The Balaban J connectivity index is 2.71. The highest BCUT2D eigenvalue weighted by molar-refractivity contribution is 7.10. The zero-order chi connectivity index (χ0) is 16.8. The van der Waals surface area contributed by atoms with E-state index in [0.717, 1.165) is 4.88 Å². The predicted octanol–water partition coefficient (Wildman–Crippen LogP) is 3.36.